The molecule has 0 spiro atoms. The number of aromatic nitrogens is 2. The molecule has 0 N–H and O–H groups in total. The number of nitrogens with zero attached hydrogens (tertiary/aromatic N) is 2. The Labute approximate surface area is 142 Å². The quantitative estimate of drug-likeness (QED) is 0.488. The average molecular weight is 311 g/mol. The summed E-state index contributed by atoms with van der Waals surface area (Å²) in [5.74, 6) is 0. The predicted octanol–water partition coefficient (Wildman–Crippen LogP) is 4.64. The van der Waals surface area contributed by atoms with Crippen molar-refractivity contribution in [2.75, 3.05) is 0 Å². The van der Waals surface area contributed by atoms with Crippen LogP contribution in [0.25, 0.3) is 28.2 Å². The molecular weight excluding hydrogens is 292 g/mol. The molecule has 0 bridgehead atoms. The van der Waals surface area contributed by atoms with E-state index in [4.69, 9.17) is 0 Å². The minimum atomic E-state index is 1.15. The maximum absolute atomic E-state index is 2.26. The molecule has 0 aliphatic carbocycles. The molecule has 1 aromatic heterocycles. The van der Waals surface area contributed by atoms with Gasteiger partial charge in [-0.15, -0.1) is 9.36 Å². The van der Waals surface area contributed by atoms with Crippen molar-refractivity contribution in [2.24, 2.45) is 7.05 Å². The van der Waals surface area contributed by atoms with Crippen LogP contribution in [0.4, 0.5) is 0 Å². The normalized spacial score (nSPS) is 10.7. The number of rotatable bonds is 3. The van der Waals surface area contributed by atoms with E-state index in [2.05, 4.69) is 107 Å². The van der Waals surface area contributed by atoms with Crippen molar-refractivity contribution in [2.45, 2.75) is 0 Å². The fraction of sp³-hybridized carbons (Fsp3) is 0.0455. The molecule has 2 nitrogen and oxygen atoms in total. The minimum Gasteiger partial charge on any atom is -0.120 e. The van der Waals surface area contributed by atoms with E-state index in [9.17, 15) is 0 Å². The van der Waals surface area contributed by atoms with Gasteiger partial charge < -0.3 is 0 Å². The smallest absolute Gasteiger partial charge is 0.120 e. The van der Waals surface area contributed by atoms with Crippen LogP contribution in [0.5, 0.6) is 0 Å². The highest BCUT2D eigenvalue weighted by Crippen LogP contribution is 2.27. The van der Waals surface area contributed by atoms with Gasteiger partial charge in [0.05, 0.1) is 0 Å². The summed E-state index contributed by atoms with van der Waals surface area (Å²) in [6.45, 7) is 0. The molecule has 0 radical (unpaired) electrons. The van der Waals surface area contributed by atoms with E-state index >= 15 is 0 Å². The van der Waals surface area contributed by atoms with Gasteiger partial charge in [-0.05, 0) is 24.3 Å². The Hall–Kier alpha value is -3.13. The zero-order valence-corrected chi connectivity index (χ0v) is 13.6. The van der Waals surface area contributed by atoms with Crippen LogP contribution in [0.1, 0.15) is 0 Å². The van der Waals surface area contributed by atoms with Crippen LogP contribution in [0, 0.1) is 0 Å². The van der Waals surface area contributed by atoms with Gasteiger partial charge in [-0.3, -0.25) is 0 Å². The van der Waals surface area contributed by atoms with Crippen molar-refractivity contribution in [3.63, 3.8) is 0 Å². The Morgan fingerprint density at radius 2 is 1.12 bits per heavy atom. The van der Waals surface area contributed by atoms with Crippen LogP contribution >= 0.6 is 0 Å². The van der Waals surface area contributed by atoms with Crippen LogP contribution in [0.2, 0.25) is 0 Å². The van der Waals surface area contributed by atoms with Gasteiger partial charge in [0.1, 0.15) is 11.4 Å². The van der Waals surface area contributed by atoms with Gasteiger partial charge in [0, 0.05) is 17.2 Å². The molecule has 0 saturated carbocycles. The molecule has 0 unspecified atom stereocenters. The van der Waals surface area contributed by atoms with E-state index in [0.717, 1.165) is 5.69 Å². The summed E-state index contributed by atoms with van der Waals surface area (Å²) in [6, 6.07) is 33.8. The molecule has 3 aromatic carbocycles. The minimum absolute atomic E-state index is 1.15. The Kier molecular flexibility index (Phi) is 3.72. The molecule has 24 heavy (non-hydrogen) atoms. The third kappa shape index (κ3) is 2.52. The van der Waals surface area contributed by atoms with Crippen LogP contribution < -0.4 is 4.68 Å². The zero-order valence-electron chi connectivity index (χ0n) is 13.6. The lowest BCUT2D eigenvalue weighted by molar-refractivity contribution is -0.733. The molecule has 0 aliphatic rings. The molecule has 0 fully saturated rings. The fourth-order valence-corrected chi connectivity index (χ4v) is 3.13. The molecule has 4 rings (SSSR count). The van der Waals surface area contributed by atoms with Crippen LogP contribution in [-0.2, 0) is 7.05 Å². The summed E-state index contributed by atoms with van der Waals surface area (Å²) in [7, 11) is 2.11. The first-order chi connectivity index (χ1) is 11.8. The standard InChI is InChI=1S/C22H19N2/c1-23-21(18-11-5-2-6-12-18)17-22(19-13-7-3-8-14-19)24(23)20-15-9-4-10-16-20/h2-17H,1H3/q+1. The summed E-state index contributed by atoms with van der Waals surface area (Å²) in [6.07, 6.45) is 0. The number of para-hydroxylation sites is 1. The molecule has 4 aromatic rings. The molecule has 2 heteroatoms. The van der Waals surface area contributed by atoms with E-state index in [1.807, 2.05) is 6.07 Å². The Balaban J connectivity index is 1.99. The van der Waals surface area contributed by atoms with Crippen molar-refractivity contribution < 1.29 is 4.68 Å². The van der Waals surface area contributed by atoms with Crippen molar-refractivity contribution in [3.8, 4) is 28.2 Å². The van der Waals surface area contributed by atoms with Crippen LogP contribution in [-0.4, -0.2) is 4.68 Å². The highest BCUT2D eigenvalue weighted by Gasteiger charge is 2.23. The lowest BCUT2D eigenvalue weighted by atomic mass is 10.1. The maximum atomic E-state index is 2.26. The number of hydrogen-bond acceptors (Lipinski definition) is 0. The largest absolute Gasteiger partial charge is 0.239 e. The van der Waals surface area contributed by atoms with Gasteiger partial charge in [0.2, 0.25) is 5.69 Å². The Morgan fingerprint density at radius 3 is 1.71 bits per heavy atom. The lowest BCUT2D eigenvalue weighted by Crippen LogP contribution is -2.39. The molecule has 116 valence electrons. The molecule has 0 amide bonds. The maximum Gasteiger partial charge on any atom is 0.239 e. The van der Waals surface area contributed by atoms with Crippen LogP contribution in [0.15, 0.2) is 97.1 Å². The summed E-state index contributed by atoms with van der Waals surface area (Å²) in [5.41, 5.74) is 5.95. The number of benzene rings is 3. The highest BCUT2D eigenvalue weighted by molar-refractivity contribution is 5.68. The van der Waals surface area contributed by atoms with Crippen molar-refractivity contribution >= 4 is 0 Å². The number of hydrogen-bond donors (Lipinski definition) is 0. The van der Waals surface area contributed by atoms with Gasteiger partial charge in [-0.25, -0.2) is 0 Å². The van der Waals surface area contributed by atoms with E-state index in [0.29, 0.717) is 0 Å². The van der Waals surface area contributed by atoms with Crippen LogP contribution in [0.3, 0.4) is 0 Å². The predicted molar refractivity (Wildman–Crippen MR) is 97.8 cm³/mol. The van der Waals surface area contributed by atoms with E-state index in [1.54, 1.807) is 0 Å². The first kappa shape index (κ1) is 14.5. The van der Waals surface area contributed by atoms with Gasteiger partial charge in [-0.2, -0.15) is 0 Å². The summed E-state index contributed by atoms with van der Waals surface area (Å²) in [5, 5.41) is 0. The van der Waals surface area contributed by atoms with E-state index in [1.165, 1.54) is 22.5 Å². The molecule has 0 saturated heterocycles. The first-order valence-electron chi connectivity index (χ1n) is 8.13. The van der Waals surface area contributed by atoms with Gasteiger partial charge in [0.15, 0.2) is 7.05 Å². The van der Waals surface area contributed by atoms with Gasteiger partial charge in [-0.1, -0.05) is 66.7 Å². The zero-order chi connectivity index (χ0) is 16.4. The molecular formula is C22H19N2+. The van der Waals surface area contributed by atoms with Gasteiger partial charge >= 0.3 is 0 Å². The molecule has 1 heterocycles. The second-order valence-electron chi connectivity index (χ2n) is 5.82. The molecule has 0 aliphatic heterocycles. The molecule has 0 atom stereocenters. The monoisotopic (exact) mass is 311 g/mol. The Bertz CT molecular complexity index is 939. The topological polar surface area (TPSA) is 8.81 Å². The highest BCUT2D eigenvalue weighted by atomic mass is 15.4. The Morgan fingerprint density at radius 1 is 0.625 bits per heavy atom. The fourth-order valence-electron chi connectivity index (χ4n) is 3.13. The van der Waals surface area contributed by atoms with Crippen molar-refractivity contribution in [1.82, 2.24) is 4.68 Å². The van der Waals surface area contributed by atoms with E-state index < -0.39 is 0 Å². The SMILES string of the molecule is C[n+]1c(-c2ccccc2)cc(-c2ccccc2)n1-c1ccccc1. The van der Waals surface area contributed by atoms with Crippen molar-refractivity contribution in [3.05, 3.63) is 97.1 Å². The third-order valence-electron chi connectivity index (χ3n) is 4.29. The summed E-state index contributed by atoms with van der Waals surface area (Å²) in [4.78, 5) is 0. The average Bonchev–Trinajstić information content (AvgIpc) is 3.01. The first-order valence-corrected chi connectivity index (χ1v) is 8.13. The lowest BCUT2D eigenvalue weighted by Gasteiger charge is -2.06. The second kappa shape index (κ2) is 6.17. The van der Waals surface area contributed by atoms with E-state index in [-0.39, 0.29) is 0 Å². The van der Waals surface area contributed by atoms with Crippen molar-refractivity contribution in [1.29, 1.82) is 0 Å². The summed E-state index contributed by atoms with van der Waals surface area (Å²) < 4.78 is 4.48. The second-order valence-corrected chi connectivity index (χ2v) is 5.82. The summed E-state index contributed by atoms with van der Waals surface area (Å²) >= 11 is 0. The van der Waals surface area contributed by atoms with Gasteiger partial charge in [0.25, 0.3) is 0 Å². The third-order valence-corrected chi connectivity index (χ3v) is 4.29.